The lowest BCUT2D eigenvalue weighted by Gasteiger charge is -2.12. The average Bonchev–Trinajstić information content (AvgIpc) is 2.66. The van der Waals surface area contributed by atoms with E-state index in [2.05, 4.69) is 10.6 Å². The number of nitrogens with one attached hydrogen (secondary N) is 2. The third-order valence-electron chi connectivity index (χ3n) is 3.73. The highest BCUT2D eigenvalue weighted by molar-refractivity contribution is 6.02. The molecule has 2 aromatic rings. The van der Waals surface area contributed by atoms with Crippen molar-refractivity contribution in [2.75, 3.05) is 26.8 Å². The monoisotopic (exact) mass is 380 g/mol. The summed E-state index contributed by atoms with van der Waals surface area (Å²) in [5.74, 6) is -0.861. The lowest BCUT2D eigenvalue weighted by atomic mass is 9.98. The van der Waals surface area contributed by atoms with Crippen LogP contribution in [0.4, 0.5) is 13.2 Å². The number of halogens is 3. The van der Waals surface area contributed by atoms with Gasteiger partial charge in [-0.1, -0.05) is 30.3 Å². The standard InChI is InChI=1S/C19H19F3N2O3/c1-27-11-10-23-17(25)12-24-18(26)16-5-3-2-4-15(16)13-6-8-14(9-7-13)19(20,21)22/h2-9H,10-12H2,1H3,(H,23,25)(H,24,26). The Balaban J connectivity index is 2.11. The zero-order chi connectivity index (χ0) is 19.9. The van der Waals surface area contributed by atoms with Crippen molar-refractivity contribution in [1.82, 2.24) is 10.6 Å². The minimum absolute atomic E-state index is 0.218. The summed E-state index contributed by atoms with van der Waals surface area (Å²) >= 11 is 0. The maximum atomic E-state index is 12.7. The minimum Gasteiger partial charge on any atom is -0.383 e. The topological polar surface area (TPSA) is 67.4 Å². The van der Waals surface area contributed by atoms with Crippen molar-refractivity contribution in [3.8, 4) is 11.1 Å². The van der Waals surface area contributed by atoms with E-state index in [0.29, 0.717) is 24.3 Å². The number of ether oxygens (including phenoxy) is 1. The molecule has 0 aliphatic rings. The molecule has 2 aromatic carbocycles. The second-order valence-corrected chi connectivity index (χ2v) is 5.65. The fourth-order valence-electron chi connectivity index (χ4n) is 2.38. The van der Waals surface area contributed by atoms with E-state index in [1.807, 2.05) is 0 Å². The van der Waals surface area contributed by atoms with Crippen LogP contribution >= 0.6 is 0 Å². The Morgan fingerprint density at radius 2 is 1.67 bits per heavy atom. The van der Waals surface area contributed by atoms with Crippen LogP contribution in [0.15, 0.2) is 48.5 Å². The normalized spacial score (nSPS) is 11.1. The summed E-state index contributed by atoms with van der Waals surface area (Å²) in [7, 11) is 1.51. The van der Waals surface area contributed by atoms with Crippen LogP contribution in [0.25, 0.3) is 11.1 Å². The average molecular weight is 380 g/mol. The molecule has 27 heavy (non-hydrogen) atoms. The first-order valence-electron chi connectivity index (χ1n) is 8.13. The highest BCUT2D eigenvalue weighted by atomic mass is 19.4. The largest absolute Gasteiger partial charge is 0.416 e. The molecule has 0 saturated carbocycles. The lowest BCUT2D eigenvalue weighted by molar-refractivity contribution is -0.137. The van der Waals surface area contributed by atoms with Crippen molar-refractivity contribution < 1.29 is 27.5 Å². The Hall–Kier alpha value is -2.87. The molecule has 5 nitrogen and oxygen atoms in total. The Morgan fingerprint density at radius 3 is 2.30 bits per heavy atom. The van der Waals surface area contributed by atoms with Crippen molar-refractivity contribution in [3.63, 3.8) is 0 Å². The molecular weight excluding hydrogens is 361 g/mol. The number of hydrogen-bond acceptors (Lipinski definition) is 3. The van der Waals surface area contributed by atoms with Gasteiger partial charge in [0.1, 0.15) is 0 Å². The molecule has 0 spiro atoms. The van der Waals surface area contributed by atoms with E-state index in [9.17, 15) is 22.8 Å². The highest BCUT2D eigenvalue weighted by Gasteiger charge is 2.30. The van der Waals surface area contributed by atoms with Gasteiger partial charge in [0.05, 0.1) is 18.7 Å². The summed E-state index contributed by atoms with van der Waals surface area (Å²) in [5, 5.41) is 5.07. The fraction of sp³-hybridized carbons (Fsp3) is 0.263. The molecular formula is C19H19F3N2O3. The summed E-state index contributed by atoms with van der Waals surface area (Å²) in [5.41, 5.74) is 0.449. The predicted octanol–water partition coefficient (Wildman–Crippen LogP) is 2.86. The Labute approximate surface area is 154 Å². The Kier molecular flexibility index (Phi) is 6.95. The van der Waals surface area contributed by atoms with E-state index in [0.717, 1.165) is 12.1 Å². The maximum absolute atomic E-state index is 12.7. The zero-order valence-electron chi connectivity index (χ0n) is 14.6. The van der Waals surface area contributed by atoms with E-state index in [1.54, 1.807) is 24.3 Å². The molecule has 0 aromatic heterocycles. The fourth-order valence-corrected chi connectivity index (χ4v) is 2.38. The van der Waals surface area contributed by atoms with Crippen LogP contribution in [-0.4, -0.2) is 38.6 Å². The molecule has 0 atom stereocenters. The molecule has 0 unspecified atom stereocenters. The van der Waals surface area contributed by atoms with Gasteiger partial charge in [0.25, 0.3) is 5.91 Å². The number of rotatable bonds is 7. The van der Waals surface area contributed by atoms with E-state index in [1.165, 1.54) is 19.2 Å². The van der Waals surface area contributed by atoms with E-state index < -0.39 is 17.6 Å². The van der Waals surface area contributed by atoms with Crippen molar-refractivity contribution in [3.05, 3.63) is 59.7 Å². The highest BCUT2D eigenvalue weighted by Crippen LogP contribution is 2.31. The first-order valence-corrected chi connectivity index (χ1v) is 8.13. The van der Waals surface area contributed by atoms with Crippen molar-refractivity contribution in [2.45, 2.75) is 6.18 Å². The molecule has 2 amide bonds. The van der Waals surface area contributed by atoms with Gasteiger partial charge < -0.3 is 15.4 Å². The number of amides is 2. The molecule has 0 bridgehead atoms. The lowest BCUT2D eigenvalue weighted by Crippen LogP contribution is -2.38. The zero-order valence-corrected chi connectivity index (χ0v) is 14.6. The van der Waals surface area contributed by atoms with E-state index in [-0.39, 0.29) is 18.0 Å². The summed E-state index contributed by atoms with van der Waals surface area (Å²) in [4.78, 5) is 24.1. The molecule has 0 aliphatic heterocycles. The summed E-state index contributed by atoms with van der Waals surface area (Å²) < 4.78 is 42.9. The van der Waals surface area contributed by atoms with Gasteiger partial charge in [-0.25, -0.2) is 0 Å². The number of benzene rings is 2. The van der Waals surface area contributed by atoms with Gasteiger partial charge in [-0.3, -0.25) is 9.59 Å². The minimum atomic E-state index is -4.42. The van der Waals surface area contributed by atoms with Gasteiger partial charge >= 0.3 is 6.18 Å². The molecule has 8 heteroatoms. The molecule has 0 radical (unpaired) electrons. The van der Waals surface area contributed by atoms with Gasteiger partial charge in [-0.15, -0.1) is 0 Å². The van der Waals surface area contributed by atoms with Crippen molar-refractivity contribution in [1.29, 1.82) is 0 Å². The third-order valence-corrected chi connectivity index (χ3v) is 3.73. The van der Waals surface area contributed by atoms with E-state index in [4.69, 9.17) is 4.74 Å². The molecule has 0 saturated heterocycles. The van der Waals surface area contributed by atoms with Crippen LogP contribution in [0, 0.1) is 0 Å². The molecule has 2 rings (SSSR count). The van der Waals surface area contributed by atoms with Crippen molar-refractivity contribution >= 4 is 11.8 Å². The van der Waals surface area contributed by atoms with Crippen LogP contribution in [0.1, 0.15) is 15.9 Å². The number of alkyl halides is 3. The van der Waals surface area contributed by atoms with Crippen LogP contribution in [0.5, 0.6) is 0 Å². The first kappa shape index (κ1) is 20.4. The number of hydrogen-bond donors (Lipinski definition) is 2. The first-order chi connectivity index (χ1) is 12.8. The Bertz CT molecular complexity index is 790. The number of carbonyl (C=O) groups excluding carboxylic acids is 2. The quantitative estimate of drug-likeness (QED) is 0.726. The third kappa shape index (κ3) is 5.82. The van der Waals surface area contributed by atoms with Crippen LogP contribution in [0.2, 0.25) is 0 Å². The Morgan fingerprint density at radius 1 is 1.00 bits per heavy atom. The van der Waals surface area contributed by atoms with Gasteiger partial charge in [-0.2, -0.15) is 13.2 Å². The second kappa shape index (κ2) is 9.18. The van der Waals surface area contributed by atoms with Crippen LogP contribution < -0.4 is 10.6 Å². The van der Waals surface area contributed by atoms with Gasteiger partial charge in [-0.05, 0) is 29.3 Å². The van der Waals surface area contributed by atoms with Gasteiger partial charge in [0.2, 0.25) is 5.91 Å². The van der Waals surface area contributed by atoms with Crippen LogP contribution in [0.3, 0.4) is 0 Å². The summed E-state index contributed by atoms with van der Waals surface area (Å²) in [6.45, 7) is 0.466. The number of carbonyl (C=O) groups is 2. The molecule has 0 heterocycles. The molecule has 144 valence electrons. The van der Waals surface area contributed by atoms with E-state index >= 15 is 0 Å². The molecule has 2 N–H and O–H groups in total. The summed E-state index contributed by atoms with van der Waals surface area (Å²) in [6.07, 6.45) is -4.42. The number of methoxy groups -OCH3 is 1. The summed E-state index contributed by atoms with van der Waals surface area (Å²) in [6, 6.07) is 11.1. The van der Waals surface area contributed by atoms with Crippen molar-refractivity contribution in [2.24, 2.45) is 0 Å². The van der Waals surface area contributed by atoms with Gasteiger partial charge in [0.15, 0.2) is 0 Å². The molecule has 0 fully saturated rings. The van der Waals surface area contributed by atoms with Gasteiger partial charge in [0, 0.05) is 19.2 Å². The predicted molar refractivity (Wildman–Crippen MR) is 94.1 cm³/mol. The smallest absolute Gasteiger partial charge is 0.383 e. The maximum Gasteiger partial charge on any atom is 0.416 e. The SMILES string of the molecule is COCCNC(=O)CNC(=O)c1ccccc1-c1ccc(C(F)(F)F)cc1. The second-order valence-electron chi connectivity index (χ2n) is 5.65. The van der Waals surface area contributed by atoms with Crippen LogP contribution in [-0.2, 0) is 15.7 Å². The molecule has 0 aliphatic carbocycles.